The van der Waals surface area contributed by atoms with Crippen LogP contribution in [0.25, 0.3) is 0 Å². The standard InChI is InChI=1S/C25H33BrN2O4/c1-6-10-30-20-9-8-19(23(13-20)31-11-7-2)15-27-28-25(29)16-32-24-12-18(5)22(26)14-21(24)17(3)4/h8-9,12-15,17H,6-7,10-11,16H2,1-5H3,(H,28,29). The molecule has 174 valence electrons. The number of nitrogens with zero attached hydrogens (tertiary/aromatic N) is 1. The number of amides is 1. The molecule has 0 unspecified atom stereocenters. The number of nitrogens with one attached hydrogen (secondary N) is 1. The third kappa shape index (κ3) is 7.86. The van der Waals surface area contributed by atoms with Gasteiger partial charge in [-0.15, -0.1) is 0 Å². The minimum absolute atomic E-state index is 0.124. The van der Waals surface area contributed by atoms with Gasteiger partial charge in [0.05, 0.1) is 19.4 Å². The number of hydrazone groups is 1. The lowest BCUT2D eigenvalue weighted by Gasteiger charge is -2.15. The second-order valence-electron chi connectivity index (χ2n) is 7.77. The van der Waals surface area contributed by atoms with E-state index in [0.29, 0.717) is 24.7 Å². The van der Waals surface area contributed by atoms with E-state index < -0.39 is 0 Å². The first kappa shape index (κ1) is 25.7. The van der Waals surface area contributed by atoms with Crippen molar-refractivity contribution >= 4 is 28.1 Å². The maximum atomic E-state index is 12.3. The molecule has 0 bridgehead atoms. The molecule has 1 amide bonds. The van der Waals surface area contributed by atoms with Gasteiger partial charge in [0, 0.05) is 16.1 Å². The third-order valence-corrected chi connectivity index (χ3v) is 5.44. The van der Waals surface area contributed by atoms with Gasteiger partial charge in [0.25, 0.3) is 5.91 Å². The number of hydrogen-bond donors (Lipinski definition) is 1. The van der Waals surface area contributed by atoms with E-state index in [-0.39, 0.29) is 18.4 Å². The third-order valence-electron chi connectivity index (χ3n) is 4.58. The van der Waals surface area contributed by atoms with Crippen LogP contribution in [0.4, 0.5) is 0 Å². The number of ether oxygens (including phenoxy) is 3. The molecule has 0 aromatic heterocycles. The van der Waals surface area contributed by atoms with Gasteiger partial charge in [-0.05, 0) is 61.1 Å². The number of benzene rings is 2. The van der Waals surface area contributed by atoms with Crippen LogP contribution in [0.1, 0.15) is 63.1 Å². The maximum Gasteiger partial charge on any atom is 0.277 e. The highest BCUT2D eigenvalue weighted by Gasteiger charge is 2.12. The van der Waals surface area contributed by atoms with Crippen LogP contribution in [0, 0.1) is 6.92 Å². The molecule has 6 nitrogen and oxygen atoms in total. The Morgan fingerprint density at radius 1 is 1.06 bits per heavy atom. The summed E-state index contributed by atoms with van der Waals surface area (Å²) in [5.74, 6) is 2.06. The van der Waals surface area contributed by atoms with E-state index in [2.05, 4.69) is 47.2 Å². The second kappa shape index (κ2) is 13.1. The molecule has 7 heteroatoms. The van der Waals surface area contributed by atoms with Crippen molar-refractivity contribution in [3.63, 3.8) is 0 Å². The molecule has 0 heterocycles. The summed E-state index contributed by atoms with van der Waals surface area (Å²) in [7, 11) is 0. The van der Waals surface area contributed by atoms with Crippen LogP contribution in [0.3, 0.4) is 0 Å². The first-order valence-electron chi connectivity index (χ1n) is 11.0. The van der Waals surface area contributed by atoms with Gasteiger partial charge in [-0.3, -0.25) is 4.79 Å². The minimum Gasteiger partial charge on any atom is -0.493 e. The monoisotopic (exact) mass is 504 g/mol. The van der Waals surface area contributed by atoms with Crippen LogP contribution in [-0.2, 0) is 4.79 Å². The molecule has 0 fully saturated rings. The highest BCUT2D eigenvalue weighted by Crippen LogP contribution is 2.32. The fourth-order valence-electron chi connectivity index (χ4n) is 2.86. The number of carbonyl (C=O) groups excluding carboxylic acids is 1. The summed E-state index contributed by atoms with van der Waals surface area (Å²) in [5.41, 5.74) is 5.37. The van der Waals surface area contributed by atoms with Crippen molar-refractivity contribution in [1.82, 2.24) is 5.43 Å². The summed E-state index contributed by atoms with van der Waals surface area (Å²) in [4.78, 5) is 12.3. The summed E-state index contributed by atoms with van der Waals surface area (Å²) in [5, 5.41) is 4.07. The van der Waals surface area contributed by atoms with Crippen molar-refractivity contribution < 1.29 is 19.0 Å². The van der Waals surface area contributed by atoms with Gasteiger partial charge in [0.15, 0.2) is 6.61 Å². The molecule has 0 saturated carbocycles. The molecule has 2 aromatic rings. The number of hydrogen-bond acceptors (Lipinski definition) is 5. The Morgan fingerprint density at radius 3 is 2.47 bits per heavy atom. The van der Waals surface area contributed by atoms with Crippen LogP contribution < -0.4 is 19.6 Å². The highest BCUT2D eigenvalue weighted by atomic mass is 79.9. The molecule has 0 spiro atoms. The van der Waals surface area contributed by atoms with Crippen molar-refractivity contribution in [3.8, 4) is 17.2 Å². The first-order valence-corrected chi connectivity index (χ1v) is 11.8. The van der Waals surface area contributed by atoms with Crippen LogP contribution in [0.15, 0.2) is 39.9 Å². The molecular formula is C25H33BrN2O4. The number of carbonyl (C=O) groups is 1. The molecule has 0 aliphatic carbocycles. The molecule has 1 N–H and O–H groups in total. The SMILES string of the molecule is CCCOc1ccc(C=NNC(=O)COc2cc(C)c(Br)cc2C(C)C)c(OCCC)c1. The van der Waals surface area contributed by atoms with Crippen molar-refractivity contribution in [2.24, 2.45) is 5.10 Å². The summed E-state index contributed by atoms with van der Waals surface area (Å²) in [6, 6.07) is 9.55. The zero-order valence-corrected chi connectivity index (χ0v) is 21.1. The van der Waals surface area contributed by atoms with Gasteiger partial charge < -0.3 is 14.2 Å². The Labute approximate surface area is 199 Å². The molecular weight excluding hydrogens is 472 g/mol. The van der Waals surface area contributed by atoms with E-state index in [1.165, 1.54) is 0 Å². The van der Waals surface area contributed by atoms with Gasteiger partial charge in [-0.2, -0.15) is 5.10 Å². The van der Waals surface area contributed by atoms with Crippen LogP contribution >= 0.6 is 15.9 Å². The fraction of sp³-hybridized carbons (Fsp3) is 0.440. The summed E-state index contributed by atoms with van der Waals surface area (Å²) < 4.78 is 18.3. The van der Waals surface area contributed by atoms with E-state index in [1.54, 1.807) is 6.21 Å². The van der Waals surface area contributed by atoms with E-state index in [0.717, 1.165) is 39.8 Å². The van der Waals surface area contributed by atoms with Crippen molar-refractivity contribution in [3.05, 3.63) is 51.5 Å². The average molecular weight is 505 g/mol. The van der Waals surface area contributed by atoms with Crippen LogP contribution in [0.2, 0.25) is 0 Å². The summed E-state index contributed by atoms with van der Waals surface area (Å²) >= 11 is 3.55. The quantitative estimate of drug-likeness (QED) is 0.284. The predicted molar refractivity (Wildman–Crippen MR) is 132 cm³/mol. The largest absolute Gasteiger partial charge is 0.493 e. The van der Waals surface area contributed by atoms with Crippen LogP contribution in [-0.4, -0.2) is 31.9 Å². The Kier molecular flexibility index (Phi) is 10.5. The molecule has 0 aliphatic rings. The van der Waals surface area contributed by atoms with Crippen molar-refractivity contribution in [1.29, 1.82) is 0 Å². The van der Waals surface area contributed by atoms with E-state index in [1.807, 2.05) is 44.2 Å². The van der Waals surface area contributed by atoms with E-state index >= 15 is 0 Å². The molecule has 2 aromatic carbocycles. The average Bonchev–Trinajstić information content (AvgIpc) is 2.77. The van der Waals surface area contributed by atoms with Gasteiger partial charge in [-0.1, -0.05) is 43.6 Å². The lowest BCUT2D eigenvalue weighted by molar-refractivity contribution is -0.123. The fourth-order valence-corrected chi connectivity index (χ4v) is 3.23. The number of halogens is 1. The molecule has 2 rings (SSSR count). The van der Waals surface area contributed by atoms with E-state index in [4.69, 9.17) is 14.2 Å². The minimum atomic E-state index is -0.338. The molecule has 0 saturated heterocycles. The lowest BCUT2D eigenvalue weighted by Crippen LogP contribution is -2.25. The van der Waals surface area contributed by atoms with Gasteiger partial charge >= 0.3 is 0 Å². The smallest absolute Gasteiger partial charge is 0.277 e. The Balaban J connectivity index is 2.00. The lowest BCUT2D eigenvalue weighted by atomic mass is 10.0. The first-order chi connectivity index (χ1) is 15.3. The topological polar surface area (TPSA) is 69.2 Å². The predicted octanol–water partition coefficient (Wildman–Crippen LogP) is 5.99. The zero-order valence-electron chi connectivity index (χ0n) is 19.5. The van der Waals surface area contributed by atoms with Crippen LogP contribution in [0.5, 0.6) is 17.2 Å². The highest BCUT2D eigenvalue weighted by molar-refractivity contribution is 9.10. The normalized spacial score (nSPS) is 11.1. The van der Waals surface area contributed by atoms with Gasteiger partial charge in [0.1, 0.15) is 17.2 Å². The zero-order chi connectivity index (χ0) is 23.5. The second-order valence-corrected chi connectivity index (χ2v) is 8.63. The summed E-state index contributed by atoms with van der Waals surface area (Å²) in [6.07, 6.45) is 3.38. The van der Waals surface area contributed by atoms with Crippen molar-refractivity contribution in [2.75, 3.05) is 19.8 Å². The molecule has 0 radical (unpaired) electrons. The van der Waals surface area contributed by atoms with Gasteiger partial charge in [0.2, 0.25) is 0 Å². The molecule has 0 aliphatic heterocycles. The summed E-state index contributed by atoms with van der Waals surface area (Å²) in [6.45, 7) is 11.4. The Bertz CT molecular complexity index is 928. The van der Waals surface area contributed by atoms with E-state index in [9.17, 15) is 4.79 Å². The Hall–Kier alpha value is -2.54. The molecule has 32 heavy (non-hydrogen) atoms. The molecule has 0 atom stereocenters. The number of rotatable bonds is 12. The van der Waals surface area contributed by atoms with Crippen molar-refractivity contribution in [2.45, 2.75) is 53.4 Å². The number of aryl methyl sites for hydroxylation is 1. The maximum absolute atomic E-state index is 12.3. The van der Waals surface area contributed by atoms with Gasteiger partial charge in [-0.25, -0.2) is 5.43 Å². The Morgan fingerprint density at radius 2 is 1.78 bits per heavy atom.